The minimum atomic E-state index is -0.319. The lowest BCUT2D eigenvalue weighted by atomic mass is 10.1. The molecule has 0 radical (unpaired) electrons. The van der Waals surface area contributed by atoms with Crippen molar-refractivity contribution in [3.05, 3.63) is 90.3 Å². The fourth-order valence-corrected chi connectivity index (χ4v) is 3.22. The van der Waals surface area contributed by atoms with Gasteiger partial charge in [0.25, 0.3) is 5.91 Å². The number of carbonyl (C=O) groups is 2. The molecule has 32 heavy (non-hydrogen) atoms. The van der Waals surface area contributed by atoms with Crippen LogP contribution in [0.15, 0.2) is 79.0 Å². The van der Waals surface area contributed by atoms with Crippen LogP contribution in [0, 0.1) is 6.92 Å². The highest BCUT2D eigenvalue weighted by atomic mass is 16.5. The van der Waals surface area contributed by atoms with E-state index < -0.39 is 0 Å². The molecule has 0 fully saturated rings. The van der Waals surface area contributed by atoms with Gasteiger partial charge in [0.05, 0.1) is 5.69 Å². The van der Waals surface area contributed by atoms with E-state index in [-0.39, 0.29) is 17.6 Å². The molecule has 4 rings (SSSR count). The van der Waals surface area contributed by atoms with Gasteiger partial charge >= 0.3 is 6.03 Å². The maximum absolute atomic E-state index is 12.4. The van der Waals surface area contributed by atoms with Crippen molar-refractivity contribution < 1.29 is 14.3 Å². The predicted octanol–water partition coefficient (Wildman–Crippen LogP) is 5.34. The molecule has 0 atom stereocenters. The van der Waals surface area contributed by atoms with E-state index in [1.54, 1.807) is 19.2 Å². The second-order valence-corrected chi connectivity index (χ2v) is 7.19. The first kappa shape index (κ1) is 20.9. The zero-order chi connectivity index (χ0) is 22.5. The molecule has 160 valence electrons. The van der Waals surface area contributed by atoms with Gasteiger partial charge in [0.2, 0.25) is 0 Å². The van der Waals surface area contributed by atoms with Crippen LogP contribution in [0.5, 0.6) is 11.5 Å². The SMILES string of the molecule is CNC(=O)c1cc(Oc2ccc3c(NC(=O)Nc4ccc(C)cc4)cccc3c2)ccn1. The first-order chi connectivity index (χ1) is 15.5. The number of fused-ring (bicyclic) bond motifs is 1. The van der Waals surface area contributed by atoms with E-state index in [1.807, 2.05) is 67.6 Å². The molecule has 3 aromatic carbocycles. The first-order valence-electron chi connectivity index (χ1n) is 10.1. The monoisotopic (exact) mass is 426 g/mol. The Labute approximate surface area is 185 Å². The van der Waals surface area contributed by atoms with Crippen molar-refractivity contribution in [3.8, 4) is 11.5 Å². The van der Waals surface area contributed by atoms with E-state index in [0.717, 1.165) is 22.0 Å². The van der Waals surface area contributed by atoms with Gasteiger partial charge in [0.1, 0.15) is 17.2 Å². The Hall–Kier alpha value is -4.39. The molecule has 7 heteroatoms. The molecule has 4 aromatic rings. The van der Waals surface area contributed by atoms with Crippen LogP contribution in [0.25, 0.3) is 10.8 Å². The zero-order valence-electron chi connectivity index (χ0n) is 17.7. The number of aryl methyl sites for hydroxylation is 1. The largest absolute Gasteiger partial charge is 0.457 e. The Morgan fingerprint density at radius 3 is 2.44 bits per heavy atom. The number of nitrogens with one attached hydrogen (secondary N) is 3. The molecule has 0 spiro atoms. The third kappa shape index (κ3) is 4.84. The standard InChI is InChI=1S/C25H22N4O3/c1-16-6-8-18(9-7-16)28-25(31)29-22-5-3-4-17-14-19(10-11-21(17)22)32-20-12-13-27-23(15-20)24(30)26-2/h3-15H,1-2H3,(H,26,30)(H2,28,29,31). The van der Waals surface area contributed by atoms with E-state index in [1.165, 1.54) is 6.20 Å². The number of aromatic nitrogens is 1. The Bertz CT molecular complexity index is 1290. The van der Waals surface area contributed by atoms with Crippen LogP contribution in [-0.2, 0) is 0 Å². The fraction of sp³-hybridized carbons (Fsp3) is 0.0800. The fourth-order valence-electron chi connectivity index (χ4n) is 3.22. The van der Waals surface area contributed by atoms with Crippen LogP contribution in [0.3, 0.4) is 0 Å². The van der Waals surface area contributed by atoms with Gasteiger partial charge in [-0.05, 0) is 54.8 Å². The van der Waals surface area contributed by atoms with Gasteiger partial charge in [0.15, 0.2) is 0 Å². The number of hydrogen-bond acceptors (Lipinski definition) is 4. The van der Waals surface area contributed by atoms with Crippen LogP contribution < -0.4 is 20.7 Å². The molecule has 3 N–H and O–H groups in total. The Kier molecular flexibility index (Phi) is 5.98. The van der Waals surface area contributed by atoms with Crippen LogP contribution >= 0.6 is 0 Å². The lowest BCUT2D eigenvalue weighted by Crippen LogP contribution is -2.19. The summed E-state index contributed by atoms with van der Waals surface area (Å²) in [6.45, 7) is 1.99. The number of benzene rings is 3. The molecule has 3 amide bonds. The number of anilines is 2. The van der Waals surface area contributed by atoms with Crippen molar-refractivity contribution in [2.45, 2.75) is 6.92 Å². The van der Waals surface area contributed by atoms with E-state index in [2.05, 4.69) is 20.9 Å². The third-order valence-electron chi connectivity index (χ3n) is 4.84. The predicted molar refractivity (Wildman–Crippen MR) is 125 cm³/mol. The summed E-state index contributed by atoms with van der Waals surface area (Å²) < 4.78 is 5.91. The van der Waals surface area contributed by atoms with Crippen molar-refractivity contribution in [3.63, 3.8) is 0 Å². The van der Waals surface area contributed by atoms with E-state index in [4.69, 9.17) is 4.74 Å². The molecule has 1 heterocycles. The number of urea groups is 1. The molecule has 0 saturated carbocycles. The van der Waals surface area contributed by atoms with Gasteiger partial charge in [0, 0.05) is 30.4 Å². The Morgan fingerprint density at radius 1 is 0.875 bits per heavy atom. The highest BCUT2D eigenvalue weighted by Gasteiger charge is 2.09. The van der Waals surface area contributed by atoms with E-state index in [0.29, 0.717) is 17.2 Å². The summed E-state index contributed by atoms with van der Waals surface area (Å²) in [5.41, 5.74) is 2.80. The second kappa shape index (κ2) is 9.18. The molecule has 0 aliphatic rings. The molecule has 0 aliphatic heterocycles. The number of carbonyl (C=O) groups excluding carboxylic acids is 2. The molecular formula is C25H22N4O3. The van der Waals surface area contributed by atoms with Crippen LogP contribution in [0.2, 0.25) is 0 Å². The smallest absolute Gasteiger partial charge is 0.323 e. The van der Waals surface area contributed by atoms with Crippen LogP contribution in [0.4, 0.5) is 16.2 Å². The second-order valence-electron chi connectivity index (χ2n) is 7.19. The lowest BCUT2D eigenvalue weighted by Gasteiger charge is -2.12. The van der Waals surface area contributed by atoms with Crippen molar-refractivity contribution in [1.29, 1.82) is 0 Å². The number of hydrogen-bond donors (Lipinski definition) is 3. The maximum atomic E-state index is 12.4. The van der Waals surface area contributed by atoms with Crippen LogP contribution in [0.1, 0.15) is 16.1 Å². The molecule has 7 nitrogen and oxygen atoms in total. The average molecular weight is 426 g/mol. The summed E-state index contributed by atoms with van der Waals surface area (Å²) in [7, 11) is 1.55. The molecule has 0 saturated heterocycles. The molecule has 0 unspecified atom stereocenters. The van der Waals surface area contributed by atoms with Gasteiger partial charge in [-0.3, -0.25) is 9.78 Å². The number of amides is 3. The number of nitrogens with zero attached hydrogens (tertiary/aromatic N) is 1. The van der Waals surface area contributed by atoms with Gasteiger partial charge < -0.3 is 20.7 Å². The summed E-state index contributed by atoms with van der Waals surface area (Å²) in [5, 5.41) is 10.0. The van der Waals surface area contributed by atoms with Gasteiger partial charge in [-0.25, -0.2) is 4.79 Å². The van der Waals surface area contributed by atoms with E-state index >= 15 is 0 Å². The molecule has 0 bridgehead atoms. The van der Waals surface area contributed by atoms with Gasteiger partial charge in [-0.2, -0.15) is 0 Å². The Balaban J connectivity index is 1.51. The van der Waals surface area contributed by atoms with Crippen molar-refractivity contribution >= 4 is 34.1 Å². The quantitative estimate of drug-likeness (QED) is 0.402. The van der Waals surface area contributed by atoms with Gasteiger partial charge in [-0.1, -0.05) is 29.8 Å². The zero-order valence-corrected chi connectivity index (χ0v) is 17.7. The number of pyridine rings is 1. The van der Waals surface area contributed by atoms with E-state index in [9.17, 15) is 9.59 Å². The summed E-state index contributed by atoms with van der Waals surface area (Å²) in [6, 6.07) is 21.8. The highest BCUT2D eigenvalue weighted by Crippen LogP contribution is 2.30. The average Bonchev–Trinajstić information content (AvgIpc) is 2.80. The summed E-state index contributed by atoms with van der Waals surface area (Å²) in [5.74, 6) is 0.825. The number of rotatable bonds is 5. The highest BCUT2D eigenvalue weighted by molar-refractivity contribution is 6.06. The normalized spacial score (nSPS) is 10.4. The van der Waals surface area contributed by atoms with Gasteiger partial charge in [-0.15, -0.1) is 0 Å². The lowest BCUT2D eigenvalue weighted by molar-refractivity contribution is 0.0958. The summed E-state index contributed by atoms with van der Waals surface area (Å²) in [4.78, 5) is 28.3. The molecular weight excluding hydrogens is 404 g/mol. The number of ether oxygens (including phenoxy) is 1. The topological polar surface area (TPSA) is 92.4 Å². The molecule has 1 aromatic heterocycles. The van der Waals surface area contributed by atoms with Crippen molar-refractivity contribution in [2.24, 2.45) is 0 Å². The van der Waals surface area contributed by atoms with Crippen molar-refractivity contribution in [2.75, 3.05) is 17.7 Å². The van der Waals surface area contributed by atoms with Crippen molar-refractivity contribution in [1.82, 2.24) is 10.3 Å². The Morgan fingerprint density at radius 2 is 1.66 bits per heavy atom. The third-order valence-corrected chi connectivity index (χ3v) is 4.84. The minimum Gasteiger partial charge on any atom is -0.457 e. The minimum absolute atomic E-state index is 0.275. The summed E-state index contributed by atoms with van der Waals surface area (Å²) >= 11 is 0. The first-order valence-corrected chi connectivity index (χ1v) is 10.1. The summed E-state index contributed by atoms with van der Waals surface area (Å²) in [6.07, 6.45) is 1.52. The molecule has 0 aliphatic carbocycles. The maximum Gasteiger partial charge on any atom is 0.323 e. The van der Waals surface area contributed by atoms with Crippen LogP contribution in [-0.4, -0.2) is 24.0 Å².